The molecule has 2 aliphatic heterocycles. The molecule has 0 radical (unpaired) electrons. The summed E-state index contributed by atoms with van der Waals surface area (Å²) in [5.41, 5.74) is 0.160. The predicted molar refractivity (Wildman–Crippen MR) is 88.7 cm³/mol. The number of amides is 1. The minimum Gasteiger partial charge on any atom is -0.444 e. The summed E-state index contributed by atoms with van der Waals surface area (Å²) in [5, 5.41) is 20.5. The molecule has 0 aromatic heterocycles. The number of likely N-dealkylation sites (tertiary alicyclic amines) is 1. The van der Waals surface area contributed by atoms with E-state index in [4.69, 9.17) is 14.2 Å². The zero-order chi connectivity index (χ0) is 18.2. The lowest BCUT2D eigenvalue weighted by Crippen LogP contribution is -2.67. The van der Waals surface area contributed by atoms with Crippen molar-refractivity contribution in [3.05, 3.63) is 35.9 Å². The van der Waals surface area contributed by atoms with Crippen LogP contribution >= 0.6 is 0 Å². The fourth-order valence-corrected chi connectivity index (χ4v) is 3.11. The first-order chi connectivity index (χ1) is 11.8. The third-order valence-corrected chi connectivity index (χ3v) is 4.29. The summed E-state index contributed by atoms with van der Waals surface area (Å²) in [4.78, 5) is 13.9. The summed E-state index contributed by atoms with van der Waals surface area (Å²) in [6, 6.07) is 8.83. The van der Waals surface area contributed by atoms with Gasteiger partial charge in [-0.2, -0.15) is 0 Å². The Bertz CT molecular complexity index is 601. The number of β-amino-alcohol motifs (C(OH)–C–C–N with tert-alkyl or cyclic N) is 1. The molecule has 7 heteroatoms. The van der Waals surface area contributed by atoms with E-state index in [9.17, 15) is 15.0 Å². The van der Waals surface area contributed by atoms with E-state index in [0.29, 0.717) is 0 Å². The molecule has 1 aromatic rings. The average molecular weight is 351 g/mol. The van der Waals surface area contributed by atoms with Gasteiger partial charge in [0.2, 0.25) is 0 Å². The number of benzene rings is 1. The smallest absolute Gasteiger partial charge is 0.410 e. The van der Waals surface area contributed by atoms with Crippen LogP contribution in [0.15, 0.2) is 30.3 Å². The Morgan fingerprint density at radius 2 is 1.92 bits per heavy atom. The maximum atomic E-state index is 12.5. The van der Waals surface area contributed by atoms with Crippen molar-refractivity contribution >= 4 is 6.09 Å². The summed E-state index contributed by atoms with van der Waals surface area (Å²) in [6.45, 7) is 5.48. The number of carbonyl (C=O) groups excluding carboxylic acids is 1. The Labute approximate surface area is 147 Å². The van der Waals surface area contributed by atoms with E-state index >= 15 is 0 Å². The van der Waals surface area contributed by atoms with Crippen molar-refractivity contribution in [2.24, 2.45) is 0 Å². The van der Waals surface area contributed by atoms with Gasteiger partial charge in [-0.3, -0.25) is 4.90 Å². The van der Waals surface area contributed by atoms with Gasteiger partial charge in [-0.25, -0.2) is 4.79 Å². The highest BCUT2D eigenvalue weighted by Gasteiger charge is 2.49. The number of carbonyl (C=O) groups is 1. The van der Waals surface area contributed by atoms with Gasteiger partial charge >= 0.3 is 6.09 Å². The van der Waals surface area contributed by atoms with Crippen molar-refractivity contribution in [2.45, 2.75) is 57.0 Å². The van der Waals surface area contributed by atoms with E-state index < -0.39 is 42.3 Å². The van der Waals surface area contributed by atoms with Crippen LogP contribution in [0.3, 0.4) is 0 Å². The largest absolute Gasteiger partial charge is 0.444 e. The molecule has 5 atom stereocenters. The summed E-state index contributed by atoms with van der Waals surface area (Å²) in [7, 11) is 0. The van der Waals surface area contributed by atoms with Gasteiger partial charge in [-0.15, -0.1) is 0 Å². The number of aliphatic hydroxyl groups excluding tert-OH is 2. The molecule has 3 rings (SSSR count). The van der Waals surface area contributed by atoms with Gasteiger partial charge in [0.15, 0.2) is 6.29 Å². The van der Waals surface area contributed by atoms with Crippen LogP contribution in [0.25, 0.3) is 0 Å². The molecule has 138 valence electrons. The van der Waals surface area contributed by atoms with Gasteiger partial charge in [0.25, 0.3) is 0 Å². The zero-order valence-electron chi connectivity index (χ0n) is 14.7. The second-order valence-corrected chi connectivity index (χ2v) is 7.43. The minimum absolute atomic E-state index is 0.0278. The molecule has 1 aromatic carbocycles. The second-order valence-electron chi connectivity index (χ2n) is 7.43. The Morgan fingerprint density at radius 3 is 2.56 bits per heavy atom. The molecular formula is C18H25NO6. The number of hydrogen-bond donors (Lipinski definition) is 2. The van der Waals surface area contributed by atoms with Crippen molar-refractivity contribution in [1.82, 2.24) is 4.90 Å². The van der Waals surface area contributed by atoms with Crippen LogP contribution in [-0.4, -0.2) is 64.3 Å². The van der Waals surface area contributed by atoms with Crippen LogP contribution < -0.4 is 0 Å². The van der Waals surface area contributed by atoms with E-state index in [2.05, 4.69) is 0 Å². The molecule has 2 N–H and O–H groups in total. The van der Waals surface area contributed by atoms with E-state index in [-0.39, 0.29) is 13.2 Å². The lowest BCUT2D eigenvalue weighted by molar-refractivity contribution is -0.284. The van der Waals surface area contributed by atoms with E-state index in [1.54, 1.807) is 20.8 Å². The molecule has 7 nitrogen and oxygen atoms in total. The Morgan fingerprint density at radius 1 is 1.24 bits per heavy atom. The van der Waals surface area contributed by atoms with Crippen molar-refractivity contribution in [1.29, 1.82) is 0 Å². The normalized spacial score (nSPS) is 32.8. The molecule has 2 saturated heterocycles. The maximum Gasteiger partial charge on any atom is 0.410 e. The molecule has 2 fully saturated rings. The zero-order valence-corrected chi connectivity index (χ0v) is 14.7. The highest BCUT2D eigenvalue weighted by atomic mass is 16.7. The van der Waals surface area contributed by atoms with E-state index in [1.165, 1.54) is 4.90 Å². The van der Waals surface area contributed by atoms with Gasteiger partial charge < -0.3 is 24.4 Å². The highest BCUT2D eigenvalue weighted by Crippen LogP contribution is 2.34. The molecule has 2 aliphatic rings. The van der Waals surface area contributed by atoms with Crippen molar-refractivity contribution in [3.63, 3.8) is 0 Å². The molecule has 0 spiro atoms. The second kappa shape index (κ2) is 6.92. The van der Waals surface area contributed by atoms with Gasteiger partial charge in [0.1, 0.15) is 23.9 Å². The molecule has 2 heterocycles. The van der Waals surface area contributed by atoms with Crippen LogP contribution in [-0.2, 0) is 14.2 Å². The number of nitrogens with zero attached hydrogens (tertiary/aromatic N) is 1. The predicted octanol–water partition coefficient (Wildman–Crippen LogP) is 1.44. The minimum atomic E-state index is -1.11. The average Bonchev–Trinajstić information content (AvgIpc) is 2.57. The molecule has 0 aliphatic carbocycles. The van der Waals surface area contributed by atoms with Crippen LogP contribution in [0.4, 0.5) is 4.79 Å². The molecule has 0 bridgehead atoms. The summed E-state index contributed by atoms with van der Waals surface area (Å²) < 4.78 is 17.1. The first-order valence-electron chi connectivity index (χ1n) is 8.44. The number of aliphatic hydroxyl groups is 2. The van der Waals surface area contributed by atoms with Crippen molar-refractivity contribution in [2.75, 3.05) is 13.2 Å². The maximum absolute atomic E-state index is 12.5. The SMILES string of the molecule is CC(C)(C)OC(=O)N1C[C@H](O)[C@@H](O)[C@@H]2O[C@H](c3ccccc3)OC[C@@H]21. The topological polar surface area (TPSA) is 88.5 Å². The number of fused-ring (bicyclic) bond motifs is 1. The quantitative estimate of drug-likeness (QED) is 0.796. The van der Waals surface area contributed by atoms with Gasteiger partial charge in [-0.05, 0) is 20.8 Å². The van der Waals surface area contributed by atoms with Crippen LogP contribution in [0.2, 0.25) is 0 Å². The molecule has 0 unspecified atom stereocenters. The summed E-state index contributed by atoms with van der Waals surface area (Å²) in [6.07, 6.45) is -4.17. The number of ether oxygens (including phenoxy) is 3. The van der Waals surface area contributed by atoms with E-state index in [1.807, 2.05) is 30.3 Å². The first-order valence-corrected chi connectivity index (χ1v) is 8.44. The number of rotatable bonds is 1. The summed E-state index contributed by atoms with van der Waals surface area (Å²) >= 11 is 0. The highest BCUT2D eigenvalue weighted by molar-refractivity contribution is 5.69. The van der Waals surface area contributed by atoms with Crippen molar-refractivity contribution in [3.8, 4) is 0 Å². The van der Waals surface area contributed by atoms with Gasteiger partial charge in [-0.1, -0.05) is 30.3 Å². The van der Waals surface area contributed by atoms with Crippen LogP contribution in [0.5, 0.6) is 0 Å². The lowest BCUT2D eigenvalue weighted by Gasteiger charge is -2.49. The molecular weight excluding hydrogens is 326 g/mol. The van der Waals surface area contributed by atoms with Crippen molar-refractivity contribution < 1.29 is 29.2 Å². The van der Waals surface area contributed by atoms with Gasteiger partial charge in [0, 0.05) is 5.56 Å². The fraction of sp³-hybridized carbons (Fsp3) is 0.611. The monoisotopic (exact) mass is 351 g/mol. The number of hydrogen-bond acceptors (Lipinski definition) is 6. The Kier molecular flexibility index (Phi) is 5.02. The van der Waals surface area contributed by atoms with Gasteiger partial charge in [0.05, 0.1) is 19.2 Å². The third-order valence-electron chi connectivity index (χ3n) is 4.29. The Balaban J connectivity index is 1.77. The number of piperidine rings is 1. The standard InChI is InChI=1S/C18H25NO6/c1-18(2,3)25-17(22)19-9-13(20)14(21)15-12(19)10-23-16(24-15)11-7-5-4-6-8-11/h4-8,12-16,20-21H,9-10H2,1-3H3/t12-,13-,14+,15+,16+/m0/s1. The first kappa shape index (κ1) is 18.1. The molecule has 1 amide bonds. The molecule has 0 saturated carbocycles. The summed E-state index contributed by atoms with van der Waals surface area (Å²) in [5.74, 6) is 0. The van der Waals surface area contributed by atoms with E-state index in [0.717, 1.165) is 5.56 Å². The van der Waals surface area contributed by atoms with Crippen LogP contribution in [0, 0.1) is 0 Å². The fourth-order valence-electron chi connectivity index (χ4n) is 3.11. The van der Waals surface area contributed by atoms with Crippen LogP contribution in [0.1, 0.15) is 32.6 Å². The Hall–Kier alpha value is -1.67. The molecule has 25 heavy (non-hydrogen) atoms. The third kappa shape index (κ3) is 3.95. The lowest BCUT2D eigenvalue weighted by atomic mass is 9.93.